The minimum atomic E-state index is 0.241. The van der Waals surface area contributed by atoms with Gasteiger partial charge in [0.2, 0.25) is 5.69 Å². The van der Waals surface area contributed by atoms with Crippen molar-refractivity contribution in [3.8, 4) is 22.4 Å². The maximum atomic E-state index is 7.25. The number of aryl methyl sites for hydroxylation is 1. The standard InChI is InChI=1S/C19H13ClN2/c1-13-8-10-15(11-9-13)18-16(14-6-4-3-5-7-14)12-17(21-2)19(20)22-18/h3-12H,1H3. The SMILES string of the molecule is [C-]#[N+]c1cc(-c2ccccc2)c(-c2ccc(C)cc2)nc1Cl. The Balaban J connectivity index is 2.27. The van der Waals surface area contributed by atoms with Gasteiger partial charge >= 0.3 is 0 Å². The molecule has 0 saturated carbocycles. The van der Waals surface area contributed by atoms with E-state index in [4.69, 9.17) is 18.2 Å². The van der Waals surface area contributed by atoms with Crippen molar-refractivity contribution in [3.05, 3.63) is 82.8 Å². The van der Waals surface area contributed by atoms with E-state index in [9.17, 15) is 0 Å². The highest BCUT2D eigenvalue weighted by atomic mass is 35.5. The molecule has 2 nitrogen and oxygen atoms in total. The summed E-state index contributed by atoms with van der Waals surface area (Å²) in [6.45, 7) is 9.29. The predicted molar refractivity (Wildman–Crippen MR) is 91.1 cm³/mol. The Hall–Kier alpha value is -2.63. The number of nitrogens with zero attached hydrogens (tertiary/aromatic N) is 2. The molecule has 0 N–H and O–H groups in total. The van der Waals surface area contributed by atoms with Gasteiger partial charge in [-0.3, -0.25) is 0 Å². The van der Waals surface area contributed by atoms with Crippen molar-refractivity contribution in [2.75, 3.05) is 0 Å². The largest absolute Gasteiger partial charge is 0.247 e. The van der Waals surface area contributed by atoms with Crippen molar-refractivity contribution < 1.29 is 0 Å². The third-order valence-corrected chi connectivity index (χ3v) is 3.77. The van der Waals surface area contributed by atoms with Crippen LogP contribution in [-0.2, 0) is 0 Å². The summed E-state index contributed by atoms with van der Waals surface area (Å²) in [6, 6.07) is 19.9. The Morgan fingerprint density at radius 1 is 0.955 bits per heavy atom. The number of hydrogen-bond donors (Lipinski definition) is 0. The van der Waals surface area contributed by atoms with E-state index in [2.05, 4.69) is 9.83 Å². The minimum Gasteiger partial charge on any atom is -0.247 e. The van der Waals surface area contributed by atoms with Gasteiger partial charge in [-0.05, 0) is 24.1 Å². The Kier molecular flexibility index (Phi) is 3.91. The molecule has 0 atom stereocenters. The molecule has 0 bridgehead atoms. The van der Waals surface area contributed by atoms with Crippen LogP contribution in [0.1, 0.15) is 5.56 Å². The third-order valence-electron chi connectivity index (χ3n) is 3.49. The molecule has 0 aliphatic heterocycles. The van der Waals surface area contributed by atoms with Gasteiger partial charge in [-0.1, -0.05) is 71.8 Å². The number of pyridine rings is 1. The third kappa shape index (κ3) is 2.72. The number of benzene rings is 2. The van der Waals surface area contributed by atoms with Crippen molar-refractivity contribution in [1.29, 1.82) is 0 Å². The van der Waals surface area contributed by atoms with Crippen LogP contribution in [0.2, 0.25) is 5.15 Å². The summed E-state index contributed by atoms with van der Waals surface area (Å²) in [7, 11) is 0. The molecule has 0 unspecified atom stereocenters. The van der Waals surface area contributed by atoms with Crippen molar-refractivity contribution in [2.24, 2.45) is 0 Å². The fourth-order valence-corrected chi connectivity index (χ4v) is 2.51. The van der Waals surface area contributed by atoms with Crippen LogP contribution in [0.25, 0.3) is 27.2 Å². The van der Waals surface area contributed by atoms with E-state index >= 15 is 0 Å². The van der Waals surface area contributed by atoms with Crippen LogP contribution in [-0.4, -0.2) is 4.98 Å². The van der Waals surface area contributed by atoms with Crippen LogP contribution >= 0.6 is 11.6 Å². The predicted octanol–water partition coefficient (Wildman–Crippen LogP) is 5.93. The maximum absolute atomic E-state index is 7.25. The first-order chi connectivity index (χ1) is 10.7. The second-order valence-electron chi connectivity index (χ2n) is 5.04. The van der Waals surface area contributed by atoms with E-state index in [0.29, 0.717) is 5.69 Å². The lowest BCUT2D eigenvalue weighted by atomic mass is 9.98. The smallest absolute Gasteiger partial charge is 0.224 e. The zero-order chi connectivity index (χ0) is 15.5. The fraction of sp³-hybridized carbons (Fsp3) is 0.0526. The first kappa shape index (κ1) is 14.3. The van der Waals surface area contributed by atoms with E-state index in [0.717, 1.165) is 22.4 Å². The minimum absolute atomic E-state index is 0.241. The molecule has 2 aromatic carbocycles. The summed E-state index contributed by atoms with van der Waals surface area (Å²) in [5.74, 6) is 0. The molecule has 3 aromatic rings. The Morgan fingerprint density at radius 2 is 1.64 bits per heavy atom. The van der Waals surface area contributed by atoms with Gasteiger partial charge in [0, 0.05) is 5.56 Å². The molecule has 1 heterocycles. The Morgan fingerprint density at radius 3 is 2.27 bits per heavy atom. The van der Waals surface area contributed by atoms with Crippen LogP contribution < -0.4 is 0 Å². The van der Waals surface area contributed by atoms with Crippen LogP contribution in [0.3, 0.4) is 0 Å². The number of rotatable bonds is 2. The van der Waals surface area contributed by atoms with Crippen LogP contribution in [0.15, 0.2) is 60.7 Å². The summed E-state index contributed by atoms with van der Waals surface area (Å²) < 4.78 is 0. The summed E-state index contributed by atoms with van der Waals surface area (Å²) in [4.78, 5) is 7.93. The van der Waals surface area contributed by atoms with Crippen molar-refractivity contribution in [1.82, 2.24) is 4.98 Å². The van der Waals surface area contributed by atoms with E-state index in [-0.39, 0.29) is 5.15 Å². The van der Waals surface area contributed by atoms with Gasteiger partial charge in [0.25, 0.3) is 0 Å². The quantitative estimate of drug-likeness (QED) is 0.424. The molecule has 3 heteroatoms. The van der Waals surface area contributed by atoms with Crippen LogP contribution in [0.4, 0.5) is 5.69 Å². The summed E-state index contributed by atoms with van der Waals surface area (Å²) >= 11 is 6.15. The summed E-state index contributed by atoms with van der Waals surface area (Å²) in [6.07, 6.45) is 0. The zero-order valence-electron chi connectivity index (χ0n) is 12.0. The fourth-order valence-electron chi connectivity index (χ4n) is 2.33. The van der Waals surface area contributed by atoms with Gasteiger partial charge < -0.3 is 0 Å². The summed E-state index contributed by atoms with van der Waals surface area (Å²) in [5.41, 5.74) is 5.28. The van der Waals surface area contributed by atoms with Crippen molar-refractivity contribution >= 4 is 17.3 Å². The second-order valence-corrected chi connectivity index (χ2v) is 5.40. The molecule has 0 radical (unpaired) electrons. The molecule has 0 aliphatic rings. The average molecular weight is 305 g/mol. The van der Waals surface area contributed by atoms with E-state index in [1.165, 1.54) is 5.56 Å². The molecular weight excluding hydrogens is 292 g/mol. The highest BCUT2D eigenvalue weighted by Gasteiger charge is 2.13. The molecule has 0 spiro atoms. The average Bonchev–Trinajstić information content (AvgIpc) is 2.56. The van der Waals surface area contributed by atoms with Gasteiger partial charge in [-0.15, -0.1) is 0 Å². The molecular formula is C19H13ClN2. The van der Waals surface area contributed by atoms with Crippen LogP contribution in [0.5, 0.6) is 0 Å². The molecule has 1 aromatic heterocycles. The van der Waals surface area contributed by atoms with Gasteiger partial charge in [-0.25, -0.2) is 9.83 Å². The van der Waals surface area contributed by atoms with Crippen molar-refractivity contribution in [3.63, 3.8) is 0 Å². The lowest BCUT2D eigenvalue weighted by Crippen LogP contribution is -1.91. The molecule has 0 amide bonds. The van der Waals surface area contributed by atoms with Gasteiger partial charge in [0.05, 0.1) is 12.3 Å². The first-order valence-electron chi connectivity index (χ1n) is 6.89. The molecule has 22 heavy (non-hydrogen) atoms. The zero-order valence-corrected chi connectivity index (χ0v) is 12.8. The van der Waals surface area contributed by atoms with Gasteiger partial charge in [0.1, 0.15) is 5.15 Å². The lowest BCUT2D eigenvalue weighted by Gasteiger charge is -2.11. The molecule has 0 aliphatic carbocycles. The van der Waals surface area contributed by atoms with E-state index in [1.54, 1.807) is 0 Å². The van der Waals surface area contributed by atoms with Crippen molar-refractivity contribution in [2.45, 2.75) is 6.92 Å². The molecule has 106 valence electrons. The highest BCUT2D eigenvalue weighted by molar-refractivity contribution is 6.32. The number of aromatic nitrogens is 1. The van der Waals surface area contributed by atoms with E-state index < -0.39 is 0 Å². The number of halogens is 1. The molecule has 0 saturated heterocycles. The normalized spacial score (nSPS) is 10.2. The van der Waals surface area contributed by atoms with Crippen LogP contribution in [0, 0.1) is 13.5 Å². The molecule has 3 rings (SSSR count). The second kappa shape index (κ2) is 6.01. The van der Waals surface area contributed by atoms with E-state index in [1.807, 2.05) is 67.6 Å². The highest BCUT2D eigenvalue weighted by Crippen LogP contribution is 2.36. The van der Waals surface area contributed by atoms with Gasteiger partial charge in [-0.2, -0.15) is 0 Å². The summed E-state index contributed by atoms with van der Waals surface area (Å²) in [5, 5.41) is 0.241. The molecule has 0 fully saturated rings. The monoisotopic (exact) mass is 304 g/mol. The van der Waals surface area contributed by atoms with Gasteiger partial charge in [0.15, 0.2) is 0 Å². The Bertz CT molecular complexity index is 847. The number of hydrogen-bond acceptors (Lipinski definition) is 1. The topological polar surface area (TPSA) is 17.2 Å². The maximum Gasteiger partial charge on any atom is 0.224 e. The lowest BCUT2D eigenvalue weighted by molar-refractivity contribution is 1.33. The Labute approximate surface area is 134 Å². The first-order valence-corrected chi connectivity index (χ1v) is 7.27.